The van der Waals surface area contributed by atoms with Gasteiger partial charge >= 0.3 is 26.6 Å². The fourth-order valence-corrected chi connectivity index (χ4v) is 17.1. The summed E-state index contributed by atoms with van der Waals surface area (Å²) in [7, 11) is -8.12. The molecule has 16 heavy (non-hydrogen) atoms. The lowest BCUT2D eigenvalue weighted by molar-refractivity contribution is 0.251. The Kier molecular flexibility index (Phi) is 4.71. The molecule has 0 aliphatic carbocycles. The highest BCUT2D eigenvalue weighted by molar-refractivity contribution is 6.86. The van der Waals surface area contributed by atoms with E-state index in [9.17, 15) is 0 Å². The van der Waals surface area contributed by atoms with Gasteiger partial charge in [0.25, 0.3) is 9.28 Å². The van der Waals surface area contributed by atoms with Crippen LogP contribution in [0.5, 0.6) is 0 Å². The average molecular weight is 298 g/mol. The highest BCUT2D eigenvalue weighted by Gasteiger charge is 2.47. The lowest BCUT2D eigenvalue weighted by Crippen LogP contribution is -2.64. The van der Waals surface area contributed by atoms with Crippen molar-refractivity contribution in [1.82, 2.24) is 0 Å². The zero-order valence-corrected chi connectivity index (χ0v) is 15.3. The van der Waals surface area contributed by atoms with Crippen LogP contribution in [-0.4, -0.2) is 35.9 Å². The second-order valence-corrected chi connectivity index (χ2v) is 16.1. The predicted octanol–water partition coefficient (Wildman–Crippen LogP) is 0.776. The molecule has 0 saturated carbocycles. The van der Waals surface area contributed by atoms with Gasteiger partial charge in [-0.2, -0.15) is 0 Å². The van der Waals surface area contributed by atoms with E-state index in [1.54, 1.807) is 0 Å². The van der Waals surface area contributed by atoms with E-state index in [2.05, 4.69) is 20.4 Å². The molecule has 1 aliphatic heterocycles. The quantitative estimate of drug-likeness (QED) is 0.725. The molecule has 0 spiro atoms. The largest absolute Gasteiger partial charge is 0.420 e. The molecule has 0 amide bonds. The van der Waals surface area contributed by atoms with Crippen molar-refractivity contribution in [2.45, 2.75) is 45.6 Å². The normalized spacial score (nSPS) is 46.5. The maximum absolute atomic E-state index is 6.12. The smallest absolute Gasteiger partial charge is 0.401 e. The minimum absolute atomic E-state index is 0.347. The van der Waals surface area contributed by atoms with Gasteiger partial charge in [0.2, 0.25) is 0 Å². The fraction of sp³-hybridized carbons (Fsp3) is 1.00. The zero-order valence-electron chi connectivity index (χ0n) is 10.9. The molecule has 2 N–H and O–H groups in total. The molecule has 1 rings (SSSR count). The topological polar surface area (TPSA) is 62.9 Å². The first-order chi connectivity index (χ1) is 7.15. The highest BCUT2D eigenvalue weighted by Crippen LogP contribution is 2.28. The van der Waals surface area contributed by atoms with Crippen LogP contribution in [0.3, 0.4) is 0 Å². The van der Waals surface area contributed by atoms with Gasteiger partial charge in [0.05, 0.1) is 0 Å². The van der Waals surface area contributed by atoms with Gasteiger partial charge in [-0.25, -0.2) is 0 Å². The first-order valence-electron chi connectivity index (χ1n) is 5.65. The van der Waals surface area contributed by atoms with Gasteiger partial charge in [-0.15, -0.1) is 0 Å². The molecule has 96 valence electrons. The van der Waals surface area contributed by atoms with E-state index in [1.165, 1.54) is 0 Å². The van der Waals surface area contributed by atoms with Crippen molar-refractivity contribution in [3.63, 3.8) is 0 Å². The third-order valence-corrected chi connectivity index (χ3v) is 17.4. The van der Waals surface area contributed by atoms with Gasteiger partial charge in [-0.1, -0.05) is 13.8 Å². The molecule has 0 aromatic rings. The van der Waals surface area contributed by atoms with Crippen LogP contribution in [0.25, 0.3) is 0 Å². The van der Waals surface area contributed by atoms with Crippen LogP contribution in [0.15, 0.2) is 0 Å². The summed E-state index contributed by atoms with van der Waals surface area (Å²) < 4.78 is 23.8. The number of hydrogen-bond acceptors (Lipinski definition) is 5. The molecule has 1 saturated heterocycles. The van der Waals surface area contributed by atoms with Crippen LogP contribution in [0.2, 0.25) is 31.7 Å². The first kappa shape index (κ1) is 14.7. The van der Waals surface area contributed by atoms with Gasteiger partial charge in [0.1, 0.15) is 0 Å². The van der Waals surface area contributed by atoms with E-state index in [4.69, 9.17) is 21.9 Å². The maximum atomic E-state index is 6.12. The van der Waals surface area contributed by atoms with E-state index in [1.807, 2.05) is 19.6 Å². The van der Waals surface area contributed by atoms with Crippen molar-refractivity contribution < 1.29 is 16.5 Å². The molecule has 0 aromatic heterocycles. The van der Waals surface area contributed by atoms with Gasteiger partial charge in [-0.05, 0) is 31.7 Å². The third kappa shape index (κ3) is 3.85. The summed E-state index contributed by atoms with van der Waals surface area (Å²) >= 11 is 0. The summed E-state index contributed by atoms with van der Waals surface area (Å²) in [5.41, 5.74) is 0.347. The molecule has 1 fully saturated rings. The van der Waals surface area contributed by atoms with Gasteiger partial charge < -0.3 is 21.9 Å². The van der Waals surface area contributed by atoms with E-state index in [0.717, 1.165) is 0 Å². The van der Waals surface area contributed by atoms with Crippen LogP contribution < -0.4 is 5.40 Å². The number of nitrogens with two attached hydrogens (primary N) is 1. The summed E-state index contributed by atoms with van der Waals surface area (Å²) in [5.74, 6) is 0. The van der Waals surface area contributed by atoms with Crippen LogP contribution in [0.1, 0.15) is 13.8 Å². The summed E-state index contributed by atoms with van der Waals surface area (Å²) in [6.07, 6.45) is 0. The fourth-order valence-electron chi connectivity index (χ4n) is 1.69. The Bertz CT molecular complexity index is 255. The van der Waals surface area contributed by atoms with Crippen molar-refractivity contribution in [3.05, 3.63) is 0 Å². The zero-order chi connectivity index (χ0) is 12.6. The third-order valence-electron chi connectivity index (χ3n) is 2.64. The van der Waals surface area contributed by atoms with Crippen molar-refractivity contribution in [2.24, 2.45) is 5.40 Å². The van der Waals surface area contributed by atoms with Crippen molar-refractivity contribution >= 4 is 35.9 Å². The molecule has 0 bridgehead atoms. The molecule has 5 nitrogen and oxygen atoms in total. The summed E-state index contributed by atoms with van der Waals surface area (Å²) in [6, 6.07) is 0. The van der Waals surface area contributed by atoms with Gasteiger partial charge in [-0.3, -0.25) is 0 Å². The van der Waals surface area contributed by atoms with Crippen molar-refractivity contribution in [3.8, 4) is 0 Å². The standard InChI is InChI=1S/C7H23NO4Si4/c1-7(2)15(5)10-13(3)9-14(4)11-16(6,8)12-15/h7,13-14H,8H2,1-6H3. The van der Waals surface area contributed by atoms with E-state index < -0.39 is 35.9 Å². The minimum Gasteiger partial charge on any atom is -0.420 e. The highest BCUT2D eigenvalue weighted by atomic mass is 28.5. The molecule has 0 aromatic carbocycles. The Labute approximate surface area is 104 Å². The Hall–Kier alpha value is 0.668. The van der Waals surface area contributed by atoms with Gasteiger partial charge in [0, 0.05) is 0 Å². The maximum Gasteiger partial charge on any atom is 0.401 e. The van der Waals surface area contributed by atoms with Crippen molar-refractivity contribution in [2.75, 3.05) is 0 Å². The van der Waals surface area contributed by atoms with Crippen LogP contribution in [0.4, 0.5) is 0 Å². The minimum atomic E-state index is -2.57. The second-order valence-electron chi connectivity index (χ2n) is 4.80. The summed E-state index contributed by atoms with van der Waals surface area (Å²) in [4.78, 5) is 0. The lowest BCUT2D eigenvalue weighted by Gasteiger charge is -2.42. The Morgan fingerprint density at radius 1 is 1.06 bits per heavy atom. The molecular formula is C7H23NO4Si4. The first-order valence-corrected chi connectivity index (χ1v) is 14.6. The second kappa shape index (κ2) is 5.12. The predicted molar refractivity (Wildman–Crippen MR) is 72.9 cm³/mol. The lowest BCUT2D eigenvalue weighted by atomic mass is 10.6. The van der Waals surface area contributed by atoms with Crippen LogP contribution >= 0.6 is 0 Å². The number of rotatable bonds is 1. The average Bonchev–Trinajstić information content (AvgIpc) is 1.97. The van der Waals surface area contributed by atoms with Crippen molar-refractivity contribution in [1.29, 1.82) is 0 Å². The van der Waals surface area contributed by atoms with Crippen LogP contribution in [0, 0.1) is 0 Å². The van der Waals surface area contributed by atoms with Gasteiger partial charge in [0.15, 0.2) is 0 Å². The SMILES string of the molecule is CC(C)[Si]1(C)O[SiH](C)O[SiH](C)O[Si](C)(N)O1. The molecule has 9 heteroatoms. The molecule has 4 unspecified atom stereocenters. The summed E-state index contributed by atoms with van der Waals surface area (Å²) in [6.45, 7) is 12.2. The van der Waals surface area contributed by atoms with Crippen LogP contribution in [-0.2, 0) is 16.5 Å². The number of hydrogen-bond donors (Lipinski definition) is 1. The van der Waals surface area contributed by atoms with E-state index >= 15 is 0 Å². The van der Waals surface area contributed by atoms with E-state index in [0.29, 0.717) is 5.54 Å². The Morgan fingerprint density at radius 3 is 2.06 bits per heavy atom. The monoisotopic (exact) mass is 297 g/mol. The molecule has 1 aliphatic rings. The molecule has 0 radical (unpaired) electrons. The molecular weight excluding hydrogens is 274 g/mol. The molecule has 1 heterocycles. The Morgan fingerprint density at radius 2 is 1.56 bits per heavy atom. The molecule has 4 atom stereocenters. The Balaban J connectivity index is 2.87. The summed E-state index contributed by atoms with van der Waals surface area (Å²) in [5, 5.41) is 6.12. The van der Waals surface area contributed by atoms with E-state index in [-0.39, 0.29) is 0 Å².